The van der Waals surface area contributed by atoms with Gasteiger partial charge in [0.05, 0.1) is 12.4 Å². The van der Waals surface area contributed by atoms with E-state index in [0.29, 0.717) is 11.7 Å². The maximum Gasteiger partial charge on any atom is 0.234 e. The quantitative estimate of drug-likeness (QED) is 0.833. The highest BCUT2D eigenvalue weighted by atomic mass is 32.2. The van der Waals surface area contributed by atoms with Crippen molar-refractivity contribution in [3.63, 3.8) is 0 Å². The van der Waals surface area contributed by atoms with Crippen molar-refractivity contribution >= 4 is 23.4 Å². The zero-order valence-corrected chi connectivity index (χ0v) is 12.0. The Bertz CT molecular complexity index is 376. The summed E-state index contributed by atoms with van der Waals surface area (Å²) in [7, 11) is 0. The smallest absolute Gasteiger partial charge is 0.234 e. The van der Waals surface area contributed by atoms with Crippen molar-refractivity contribution in [2.75, 3.05) is 17.7 Å². The second-order valence-electron chi connectivity index (χ2n) is 4.63. The maximum absolute atomic E-state index is 11.6. The molecule has 0 saturated heterocycles. The molecule has 1 atom stereocenters. The van der Waals surface area contributed by atoms with Crippen LogP contribution in [0.3, 0.4) is 0 Å². The molecule has 100 valence electrons. The third kappa shape index (κ3) is 5.10. The molecule has 1 aromatic carbocycles. The van der Waals surface area contributed by atoms with Crippen LogP contribution in [0.1, 0.15) is 32.3 Å². The van der Waals surface area contributed by atoms with E-state index in [1.54, 1.807) is 0 Å². The second kappa shape index (κ2) is 7.44. The summed E-state index contributed by atoms with van der Waals surface area (Å²) in [6.07, 6.45) is 0. The van der Waals surface area contributed by atoms with E-state index in [9.17, 15) is 4.79 Å². The topological polar surface area (TPSA) is 49.3 Å². The predicted octanol–water partition coefficient (Wildman–Crippen LogP) is 2.86. The molecule has 0 bridgehead atoms. The first-order valence-electron chi connectivity index (χ1n) is 6.15. The molecule has 1 aromatic rings. The van der Waals surface area contributed by atoms with Crippen molar-refractivity contribution in [2.24, 2.45) is 0 Å². The summed E-state index contributed by atoms with van der Waals surface area (Å²) in [5.74, 6) is 0.835. The summed E-state index contributed by atoms with van der Waals surface area (Å²) >= 11 is 1.45. The van der Waals surface area contributed by atoms with Gasteiger partial charge in [-0.25, -0.2) is 0 Å². The third-order valence-corrected chi connectivity index (χ3v) is 3.76. The maximum atomic E-state index is 11.6. The highest BCUT2D eigenvalue weighted by Crippen LogP contribution is 2.17. The Morgan fingerprint density at radius 1 is 1.28 bits per heavy atom. The van der Waals surface area contributed by atoms with Gasteiger partial charge in [-0.2, -0.15) is 0 Å². The van der Waals surface area contributed by atoms with E-state index < -0.39 is 0 Å². The molecule has 0 radical (unpaired) electrons. The van der Waals surface area contributed by atoms with Gasteiger partial charge in [0.25, 0.3) is 0 Å². The molecule has 18 heavy (non-hydrogen) atoms. The molecule has 2 N–H and O–H groups in total. The highest BCUT2D eigenvalue weighted by molar-refractivity contribution is 8.00. The van der Waals surface area contributed by atoms with Crippen LogP contribution in [0.4, 0.5) is 5.69 Å². The molecular weight excluding hydrogens is 246 g/mol. The molecule has 0 heterocycles. The Morgan fingerprint density at radius 2 is 1.89 bits per heavy atom. The van der Waals surface area contributed by atoms with Gasteiger partial charge in [-0.15, -0.1) is 11.8 Å². The summed E-state index contributed by atoms with van der Waals surface area (Å²) in [6.45, 7) is 6.28. The second-order valence-corrected chi connectivity index (χ2v) is 6.06. The largest absolute Gasteiger partial charge is 0.395 e. The number of nitrogens with one attached hydrogen (secondary N) is 1. The van der Waals surface area contributed by atoms with Crippen LogP contribution in [0.25, 0.3) is 0 Å². The lowest BCUT2D eigenvalue weighted by Crippen LogP contribution is -2.16. The van der Waals surface area contributed by atoms with E-state index in [2.05, 4.69) is 19.2 Å². The van der Waals surface area contributed by atoms with Crippen molar-refractivity contribution < 1.29 is 9.90 Å². The Hall–Kier alpha value is -1.00. The van der Waals surface area contributed by atoms with Crippen LogP contribution >= 0.6 is 11.8 Å². The number of benzene rings is 1. The first-order valence-corrected chi connectivity index (χ1v) is 7.20. The Balaban J connectivity index is 2.44. The molecule has 0 saturated carbocycles. The fraction of sp³-hybridized carbons (Fsp3) is 0.500. The molecule has 0 spiro atoms. The van der Waals surface area contributed by atoms with Crippen LogP contribution < -0.4 is 5.32 Å². The molecule has 1 rings (SSSR count). The summed E-state index contributed by atoms with van der Waals surface area (Å²) in [4.78, 5) is 11.6. The average molecular weight is 267 g/mol. The minimum Gasteiger partial charge on any atom is -0.395 e. The molecule has 4 heteroatoms. The van der Waals surface area contributed by atoms with Crippen molar-refractivity contribution in [1.82, 2.24) is 0 Å². The third-order valence-electron chi connectivity index (χ3n) is 2.62. The lowest BCUT2D eigenvalue weighted by atomic mass is 10.0. The van der Waals surface area contributed by atoms with Gasteiger partial charge in [0.1, 0.15) is 0 Å². The number of hydrogen-bond donors (Lipinski definition) is 2. The zero-order chi connectivity index (χ0) is 13.5. The Kier molecular flexibility index (Phi) is 6.22. The summed E-state index contributed by atoms with van der Waals surface area (Å²) in [5.41, 5.74) is 2.08. The monoisotopic (exact) mass is 267 g/mol. The SMILES string of the molecule is CC(CO)SCC(=O)Nc1ccc(C(C)C)cc1. The lowest BCUT2D eigenvalue weighted by Gasteiger charge is -2.10. The van der Waals surface area contributed by atoms with Crippen LogP contribution in [0.15, 0.2) is 24.3 Å². The fourth-order valence-electron chi connectivity index (χ4n) is 1.42. The summed E-state index contributed by atoms with van der Waals surface area (Å²) < 4.78 is 0. The molecule has 0 fully saturated rings. The number of carbonyl (C=O) groups is 1. The molecule has 0 aliphatic heterocycles. The molecule has 0 aromatic heterocycles. The highest BCUT2D eigenvalue weighted by Gasteiger charge is 2.07. The van der Waals surface area contributed by atoms with Gasteiger partial charge >= 0.3 is 0 Å². The van der Waals surface area contributed by atoms with Gasteiger partial charge in [0.15, 0.2) is 0 Å². The van der Waals surface area contributed by atoms with E-state index in [1.165, 1.54) is 17.3 Å². The average Bonchev–Trinajstić information content (AvgIpc) is 2.36. The van der Waals surface area contributed by atoms with Crippen molar-refractivity contribution in [2.45, 2.75) is 31.9 Å². The number of anilines is 1. The van der Waals surface area contributed by atoms with Gasteiger partial charge in [0.2, 0.25) is 5.91 Å². The number of thioether (sulfide) groups is 1. The fourth-order valence-corrected chi connectivity index (χ4v) is 2.03. The van der Waals surface area contributed by atoms with E-state index in [4.69, 9.17) is 5.11 Å². The number of hydrogen-bond acceptors (Lipinski definition) is 3. The van der Waals surface area contributed by atoms with Crippen molar-refractivity contribution in [3.05, 3.63) is 29.8 Å². The lowest BCUT2D eigenvalue weighted by molar-refractivity contribution is -0.113. The molecule has 1 amide bonds. The minimum atomic E-state index is -0.0300. The van der Waals surface area contributed by atoms with Gasteiger partial charge in [-0.1, -0.05) is 32.9 Å². The van der Waals surface area contributed by atoms with Crippen LogP contribution in [-0.2, 0) is 4.79 Å². The zero-order valence-electron chi connectivity index (χ0n) is 11.1. The molecule has 0 aliphatic carbocycles. The van der Waals surface area contributed by atoms with Crippen molar-refractivity contribution in [1.29, 1.82) is 0 Å². The predicted molar refractivity (Wildman–Crippen MR) is 78.2 cm³/mol. The van der Waals surface area contributed by atoms with Crippen LogP contribution in [0.5, 0.6) is 0 Å². The number of rotatable bonds is 6. The first-order chi connectivity index (χ1) is 8.52. The van der Waals surface area contributed by atoms with Crippen LogP contribution in [0, 0.1) is 0 Å². The van der Waals surface area contributed by atoms with Gasteiger partial charge in [-0.3, -0.25) is 4.79 Å². The van der Waals surface area contributed by atoms with E-state index >= 15 is 0 Å². The number of amides is 1. The normalized spacial score (nSPS) is 12.5. The molecular formula is C14H21NO2S. The minimum absolute atomic E-state index is 0.0300. The summed E-state index contributed by atoms with van der Waals surface area (Å²) in [5, 5.41) is 11.8. The Labute approximate surface area is 113 Å². The molecule has 0 aliphatic rings. The van der Waals surface area contributed by atoms with E-state index in [-0.39, 0.29) is 17.8 Å². The van der Waals surface area contributed by atoms with E-state index in [1.807, 2.05) is 31.2 Å². The standard InChI is InChI=1S/C14H21NO2S/c1-10(2)12-4-6-13(7-5-12)15-14(17)9-18-11(3)8-16/h4-7,10-11,16H,8-9H2,1-3H3,(H,15,17). The van der Waals surface area contributed by atoms with Gasteiger partial charge < -0.3 is 10.4 Å². The van der Waals surface area contributed by atoms with E-state index in [0.717, 1.165) is 5.69 Å². The Morgan fingerprint density at radius 3 is 2.39 bits per heavy atom. The van der Waals surface area contributed by atoms with Crippen LogP contribution in [-0.4, -0.2) is 28.6 Å². The first kappa shape index (κ1) is 15.1. The molecule has 3 nitrogen and oxygen atoms in total. The number of aliphatic hydroxyl groups excluding tert-OH is 1. The van der Waals surface area contributed by atoms with Crippen LogP contribution in [0.2, 0.25) is 0 Å². The number of aliphatic hydroxyl groups is 1. The number of carbonyl (C=O) groups excluding carboxylic acids is 1. The molecule has 1 unspecified atom stereocenters. The van der Waals surface area contributed by atoms with Gasteiger partial charge in [-0.05, 0) is 23.6 Å². The summed E-state index contributed by atoms with van der Waals surface area (Å²) in [6, 6.07) is 7.91. The van der Waals surface area contributed by atoms with Crippen molar-refractivity contribution in [3.8, 4) is 0 Å². The van der Waals surface area contributed by atoms with Gasteiger partial charge in [0, 0.05) is 10.9 Å².